The molecule has 24 heavy (non-hydrogen) atoms. The fourth-order valence-electron chi connectivity index (χ4n) is 1.69. The summed E-state index contributed by atoms with van der Waals surface area (Å²) in [5.41, 5.74) is 6.01. The number of amides is 3. The van der Waals surface area contributed by atoms with Crippen LogP contribution in [-0.4, -0.2) is 35.3 Å². The molecule has 0 fully saturated rings. The van der Waals surface area contributed by atoms with E-state index in [0.717, 1.165) is 11.5 Å². The van der Waals surface area contributed by atoms with Crippen LogP contribution in [0.3, 0.4) is 0 Å². The normalized spacial score (nSPS) is 10.3. The van der Waals surface area contributed by atoms with Crippen molar-refractivity contribution in [3.8, 4) is 5.88 Å². The number of aromatic nitrogens is 1. The number of primary amides is 1. The summed E-state index contributed by atoms with van der Waals surface area (Å²) in [7, 11) is 3.14. The van der Waals surface area contributed by atoms with Gasteiger partial charge in [-0.15, -0.1) is 0 Å². The summed E-state index contributed by atoms with van der Waals surface area (Å²) in [6.45, 7) is 0.0461. The molecule has 2 aromatic rings. The maximum Gasteiger partial charge on any atom is 0.321 e. The van der Waals surface area contributed by atoms with Crippen molar-refractivity contribution in [2.45, 2.75) is 6.61 Å². The number of nitrogens with zero attached hydrogens (tertiary/aromatic N) is 2. The smallest absolute Gasteiger partial charge is 0.321 e. The van der Waals surface area contributed by atoms with Gasteiger partial charge in [-0.3, -0.25) is 10.1 Å². The van der Waals surface area contributed by atoms with Gasteiger partial charge in [0.05, 0.1) is 10.0 Å². The van der Waals surface area contributed by atoms with Crippen molar-refractivity contribution in [1.82, 2.24) is 9.27 Å². The van der Waals surface area contributed by atoms with Crippen molar-refractivity contribution in [3.05, 3.63) is 39.4 Å². The van der Waals surface area contributed by atoms with Crippen molar-refractivity contribution in [1.29, 1.82) is 0 Å². The molecule has 3 amide bonds. The highest BCUT2D eigenvalue weighted by atomic mass is 35.5. The first-order valence-corrected chi connectivity index (χ1v) is 8.17. The molecule has 0 aliphatic heterocycles. The van der Waals surface area contributed by atoms with E-state index in [-0.39, 0.29) is 23.1 Å². The molecule has 10 heteroatoms. The van der Waals surface area contributed by atoms with Crippen molar-refractivity contribution < 1.29 is 14.3 Å². The molecule has 0 saturated carbocycles. The lowest BCUT2D eigenvalue weighted by Crippen LogP contribution is -2.28. The van der Waals surface area contributed by atoms with Crippen LogP contribution in [0.2, 0.25) is 10.0 Å². The average Bonchev–Trinajstić information content (AvgIpc) is 2.91. The van der Waals surface area contributed by atoms with Crippen LogP contribution in [0.4, 0.5) is 9.80 Å². The molecule has 0 bridgehead atoms. The van der Waals surface area contributed by atoms with E-state index in [1.54, 1.807) is 32.3 Å². The molecule has 0 aliphatic rings. The van der Waals surface area contributed by atoms with Gasteiger partial charge in [0.1, 0.15) is 17.2 Å². The van der Waals surface area contributed by atoms with Gasteiger partial charge in [0.2, 0.25) is 5.88 Å². The van der Waals surface area contributed by atoms with E-state index >= 15 is 0 Å². The van der Waals surface area contributed by atoms with Crippen LogP contribution < -0.4 is 15.8 Å². The molecule has 0 unspecified atom stereocenters. The van der Waals surface area contributed by atoms with Crippen LogP contribution in [0.5, 0.6) is 5.88 Å². The third kappa shape index (κ3) is 4.08. The highest BCUT2D eigenvalue weighted by Crippen LogP contribution is 2.32. The van der Waals surface area contributed by atoms with Crippen LogP contribution in [-0.2, 0) is 6.61 Å². The monoisotopic (exact) mass is 388 g/mol. The lowest BCUT2D eigenvalue weighted by atomic mass is 10.2. The predicted octanol–water partition coefficient (Wildman–Crippen LogP) is 3.22. The number of carbonyl (C=O) groups is 2. The Balaban J connectivity index is 2.21. The molecule has 1 heterocycles. The summed E-state index contributed by atoms with van der Waals surface area (Å²) < 4.78 is 9.56. The second-order valence-corrected chi connectivity index (χ2v) is 6.44. The molecule has 1 aromatic heterocycles. The summed E-state index contributed by atoms with van der Waals surface area (Å²) >= 11 is 12.9. The Labute approximate surface area is 152 Å². The maximum absolute atomic E-state index is 11.7. The van der Waals surface area contributed by atoms with Crippen LogP contribution in [0, 0.1) is 0 Å². The maximum atomic E-state index is 11.7. The van der Waals surface area contributed by atoms with Crippen molar-refractivity contribution in [2.24, 2.45) is 5.73 Å². The van der Waals surface area contributed by atoms with Crippen LogP contribution in [0.1, 0.15) is 15.9 Å². The van der Waals surface area contributed by atoms with E-state index < -0.39 is 11.9 Å². The number of rotatable bonds is 5. The quantitative estimate of drug-likeness (QED) is 0.821. The largest absolute Gasteiger partial charge is 0.472 e. The van der Waals surface area contributed by atoms with Gasteiger partial charge < -0.3 is 15.4 Å². The third-order valence-electron chi connectivity index (χ3n) is 2.93. The molecule has 0 saturated heterocycles. The summed E-state index contributed by atoms with van der Waals surface area (Å²) in [5.74, 6) is -0.734. The van der Waals surface area contributed by atoms with Crippen LogP contribution in [0.25, 0.3) is 0 Å². The average molecular weight is 389 g/mol. The zero-order valence-electron chi connectivity index (χ0n) is 12.8. The number of nitrogens with one attached hydrogen (secondary N) is 1. The van der Waals surface area contributed by atoms with E-state index in [4.69, 9.17) is 33.7 Å². The van der Waals surface area contributed by atoms with Crippen molar-refractivity contribution in [3.63, 3.8) is 0 Å². The molecular formula is C14H14Cl2N4O3S. The summed E-state index contributed by atoms with van der Waals surface area (Å²) in [5, 5.41) is 3.51. The van der Waals surface area contributed by atoms with Gasteiger partial charge >= 0.3 is 6.03 Å². The Hall–Kier alpha value is -2.03. The standard InChI is InChI=1S/C14H14Cl2N4O3S/c1-20(2)14(22)18-13-9(11(17)21)12(19-24-13)23-6-7-4-3-5-8(15)10(7)16/h3-5H,6H2,1-2H3,(H2,17,21)(H,18,22). The van der Waals surface area contributed by atoms with E-state index in [2.05, 4.69) is 9.69 Å². The van der Waals surface area contributed by atoms with Gasteiger partial charge in [-0.1, -0.05) is 35.3 Å². The number of nitrogens with two attached hydrogens (primary N) is 1. The van der Waals surface area contributed by atoms with Crippen molar-refractivity contribution >= 4 is 51.7 Å². The first-order chi connectivity index (χ1) is 11.3. The molecule has 1 aromatic carbocycles. The number of hydrogen-bond donors (Lipinski definition) is 2. The Kier molecular flexibility index (Phi) is 5.87. The Bertz CT molecular complexity index is 779. The number of halogens is 2. The number of hydrogen-bond acceptors (Lipinski definition) is 5. The topological polar surface area (TPSA) is 97.6 Å². The van der Waals surface area contributed by atoms with Crippen LogP contribution in [0.15, 0.2) is 18.2 Å². The van der Waals surface area contributed by atoms with E-state index in [9.17, 15) is 9.59 Å². The minimum atomic E-state index is -0.759. The molecule has 2 rings (SSSR count). The van der Waals surface area contributed by atoms with Gasteiger partial charge in [0.25, 0.3) is 5.91 Å². The lowest BCUT2D eigenvalue weighted by molar-refractivity contribution is 0.0996. The highest BCUT2D eigenvalue weighted by Gasteiger charge is 2.22. The Morgan fingerprint density at radius 2 is 2.08 bits per heavy atom. The van der Waals surface area contributed by atoms with E-state index in [0.29, 0.717) is 15.6 Å². The first kappa shape index (κ1) is 18.3. The summed E-state index contributed by atoms with van der Waals surface area (Å²) in [6, 6.07) is 4.70. The number of anilines is 1. The minimum Gasteiger partial charge on any atom is -0.472 e. The lowest BCUT2D eigenvalue weighted by Gasteiger charge is -2.11. The zero-order valence-corrected chi connectivity index (χ0v) is 15.1. The second-order valence-electron chi connectivity index (χ2n) is 4.88. The summed E-state index contributed by atoms with van der Waals surface area (Å²) in [4.78, 5) is 24.7. The van der Waals surface area contributed by atoms with Crippen molar-refractivity contribution in [2.75, 3.05) is 19.4 Å². The third-order valence-corrected chi connectivity index (χ3v) is 4.53. The molecular weight excluding hydrogens is 375 g/mol. The second kappa shape index (κ2) is 7.69. The van der Waals surface area contributed by atoms with Gasteiger partial charge in [-0.2, -0.15) is 4.37 Å². The van der Waals surface area contributed by atoms with E-state index in [1.807, 2.05) is 0 Å². The van der Waals surface area contributed by atoms with Gasteiger partial charge in [-0.25, -0.2) is 4.79 Å². The molecule has 0 atom stereocenters. The molecule has 128 valence electrons. The number of carbonyl (C=O) groups excluding carboxylic acids is 2. The highest BCUT2D eigenvalue weighted by molar-refractivity contribution is 7.11. The first-order valence-electron chi connectivity index (χ1n) is 6.64. The van der Waals surface area contributed by atoms with Gasteiger partial charge in [0.15, 0.2) is 0 Å². The molecule has 0 radical (unpaired) electrons. The van der Waals surface area contributed by atoms with Gasteiger partial charge in [-0.05, 0) is 17.6 Å². The number of ether oxygens (including phenoxy) is 1. The summed E-state index contributed by atoms with van der Waals surface area (Å²) in [6.07, 6.45) is 0. The fraction of sp³-hybridized carbons (Fsp3) is 0.214. The predicted molar refractivity (Wildman–Crippen MR) is 94.1 cm³/mol. The molecule has 0 spiro atoms. The Morgan fingerprint density at radius 1 is 1.38 bits per heavy atom. The minimum absolute atomic E-state index is 0.00773. The number of urea groups is 1. The Morgan fingerprint density at radius 3 is 2.71 bits per heavy atom. The molecule has 0 aliphatic carbocycles. The fourth-order valence-corrected chi connectivity index (χ4v) is 2.80. The zero-order chi connectivity index (χ0) is 17.9. The molecule has 7 nitrogen and oxygen atoms in total. The molecule has 3 N–H and O–H groups in total. The number of benzene rings is 1. The van der Waals surface area contributed by atoms with Crippen LogP contribution >= 0.6 is 34.7 Å². The van der Waals surface area contributed by atoms with E-state index in [1.165, 1.54) is 4.90 Å². The SMILES string of the molecule is CN(C)C(=O)Nc1snc(OCc2cccc(Cl)c2Cl)c1C(N)=O. The van der Waals surface area contributed by atoms with Gasteiger partial charge in [0, 0.05) is 19.7 Å².